The molecule has 1 aromatic carbocycles. The van der Waals surface area contributed by atoms with Gasteiger partial charge in [0.15, 0.2) is 0 Å². The summed E-state index contributed by atoms with van der Waals surface area (Å²) in [5.74, 6) is -0.580. The lowest BCUT2D eigenvalue weighted by molar-refractivity contribution is 0.0808. The molecule has 0 N–H and O–H groups in total. The number of halogens is 1. The number of hydrogen-bond acceptors (Lipinski definition) is 1. The molecule has 2 rings (SSSR count). The quantitative estimate of drug-likeness (QED) is 0.758. The first kappa shape index (κ1) is 4.48. The van der Waals surface area contributed by atoms with Crippen LogP contribution in [0.5, 0.6) is 0 Å². The summed E-state index contributed by atoms with van der Waals surface area (Å²) in [6.45, 7) is -3.85. The van der Waals surface area contributed by atoms with Crippen molar-refractivity contribution in [3.8, 4) is 0 Å². The van der Waals surface area contributed by atoms with Crippen molar-refractivity contribution in [3.05, 3.63) is 34.8 Å². The van der Waals surface area contributed by atoms with Crippen LogP contribution in [-0.4, -0.2) is 24.9 Å². The molecule has 0 heterocycles. The molecule has 1 nitrogen and oxygen atoms in total. The predicted molar refractivity (Wildman–Crippen MR) is 83.9 cm³/mol. The molecule has 106 valence electrons. The molecule has 1 aliphatic carbocycles. The van der Waals surface area contributed by atoms with Gasteiger partial charge in [-0.25, -0.2) is 0 Å². The molecule has 1 atom stereocenters. The van der Waals surface area contributed by atoms with E-state index in [1.165, 1.54) is 13.8 Å². The topological polar surface area (TPSA) is 3.24 Å². The lowest BCUT2D eigenvalue weighted by Gasteiger charge is -2.51. The Labute approximate surface area is 145 Å². The molecule has 19 heavy (non-hydrogen) atoms. The fourth-order valence-electron chi connectivity index (χ4n) is 2.07. The van der Waals surface area contributed by atoms with E-state index in [1.807, 2.05) is 0 Å². The molecule has 0 aromatic heterocycles. The van der Waals surface area contributed by atoms with Crippen LogP contribution in [0.2, 0.25) is 5.02 Å². The van der Waals surface area contributed by atoms with Crippen molar-refractivity contribution in [2.24, 2.45) is 5.92 Å². The normalized spacial score (nSPS) is 41.1. The van der Waals surface area contributed by atoms with Crippen molar-refractivity contribution >= 4 is 11.6 Å². The van der Waals surface area contributed by atoms with E-state index in [0.717, 1.165) is 0 Å². The highest BCUT2D eigenvalue weighted by Gasteiger charge is 2.46. The van der Waals surface area contributed by atoms with Crippen molar-refractivity contribution in [2.45, 2.75) is 50.8 Å². The van der Waals surface area contributed by atoms with Gasteiger partial charge in [0.25, 0.3) is 0 Å². The summed E-state index contributed by atoms with van der Waals surface area (Å²) in [6, 6.07) is -5.92. The summed E-state index contributed by atoms with van der Waals surface area (Å²) in [5, 5.41) is -0.661. The molecule has 0 radical (unpaired) electrons. The summed E-state index contributed by atoms with van der Waals surface area (Å²) in [5.41, 5.74) is -4.06. The minimum absolute atomic E-state index is 0.0500. The standard InChI is InChI=1S/C17H26ClN/c1-13(2)12-16(19(3)4)17(10-5-11-17)14-6-8-15(18)9-7-14/h6-9,13,16H,5,10-12H2,1-4H3/i3D3,4D3,5D2,6D,7D,8D,9D,10D2,11D2. The molecule has 0 bridgehead atoms. The third-order valence-corrected chi connectivity index (χ3v) is 3.20. The van der Waals surface area contributed by atoms with Crippen LogP contribution < -0.4 is 0 Å². The second kappa shape index (κ2) is 5.85. The Kier molecular flexibility index (Phi) is 1.38. The molecular weight excluding hydrogens is 254 g/mol. The van der Waals surface area contributed by atoms with Gasteiger partial charge in [-0.1, -0.05) is 43.9 Å². The number of rotatable bonds is 5. The Morgan fingerprint density at radius 2 is 2.00 bits per heavy atom. The fraction of sp³-hybridized carbons (Fsp3) is 0.647. The summed E-state index contributed by atoms with van der Waals surface area (Å²) in [4.78, 5) is -0.0500. The van der Waals surface area contributed by atoms with Gasteiger partial charge in [-0.3, -0.25) is 0 Å². The van der Waals surface area contributed by atoms with E-state index in [0.29, 0.717) is 0 Å². The molecule has 0 spiro atoms. The highest BCUT2D eigenvalue weighted by molar-refractivity contribution is 6.30. The van der Waals surface area contributed by atoms with Gasteiger partial charge in [0.05, 0.1) is 5.48 Å². The Bertz CT molecular complexity index is 934. The highest BCUT2D eigenvalue weighted by atomic mass is 35.5. The van der Waals surface area contributed by atoms with E-state index in [4.69, 9.17) is 33.5 Å². The molecule has 1 saturated carbocycles. The van der Waals surface area contributed by atoms with Crippen molar-refractivity contribution in [2.75, 3.05) is 14.0 Å². The zero-order valence-electron chi connectivity index (χ0n) is 26.7. The van der Waals surface area contributed by atoms with Gasteiger partial charge in [0.2, 0.25) is 0 Å². The van der Waals surface area contributed by atoms with Crippen LogP contribution in [0.25, 0.3) is 0 Å². The van der Waals surface area contributed by atoms with Crippen LogP contribution in [0, 0.1) is 5.92 Å². The molecule has 1 aliphatic rings. The van der Waals surface area contributed by atoms with Gasteiger partial charge in [0.1, 0.15) is 0 Å². The number of nitrogens with zero attached hydrogens (tertiary/aromatic N) is 1. The summed E-state index contributed by atoms with van der Waals surface area (Å²) < 4.78 is 132. The highest BCUT2D eigenvalue weighted by Crippen LogP contribution is 2.49. The lowest BCUT2D eigenvalue weighted by Crippen LogP contribution is -2.52. The average molecular weight is 296 g/mol. The lowest BCUT2D eigenvalue weighted by atomic mass is 9.58. The maximum atomic E-state index is 8.67. The number of benzene rings is 1. The Morgan fingerprint density at radius 1 is 1.37 bits per heavy atom. The van der Waals surface area contributed by atoms with E-state index in [9.17, 15) is 0 Å². The number of likely N-dealkylation sites (N-methyl/N-ethyl adjacent to an activating group) is 1. The van der Waals surface area contributed by atoms with Crippen molar-refractivity contribution in [1.29, 1.82) is 0 Å². The maximum Gasteiger partial charge on any atom is 0.0639 e. The predicted octanol–water partition coefficient (Wildman–Crippen LogP) is 4.74. The molecule has 1 fully saturated rings. The second-order valence-electron chi connectivity index (χ2n) is 4.89. The molecular formula is C17H26ClN. The van der Waals surface area contributed by atoms with Gasteiger partial charge in [-0.05, 0) is 56.7 Å². The van der Waals surface area contributed by atoms with Crippen LogP contribution in [-0.2, 0) is 5.41 Å². The van der Waals surface area contributed by atoms with Gasteiger partial charge >= 0.3 is 0 Å². The largest absolute Gasteiger partial charge is 0.306 e. The van der Waals surface area contributed by atoms with Crippen LogP contribution in [0.3, 0.4) is 0 Å². The van der Waals surface area contributed by atoms with Crippen molar-refractivity contribution < 1.29 is 21.9 Å². The molecule has 1 aromatic rings. The van der Waals surface area contributed by atoms with Gasteiger partial charge in [0, 0.05) is 32.9 Å². The second-order valence-corrected chi connectivity index (χ2v) is 5.27. The van der Waals surface area contributed by atoms with Gasteiger partial charge in [-0.2, -0.15) is 0 Å². The van der Waals surface area contributed by atoms with E-state index in [1.54, 1.807) is 0 Å². The van der Waals surface area contributed by atoms with Crippen LogP contribution >= 0.6 is 11.6 Å². The summed E-state index contributed by atoms with van der Waals surface area (Å²) >= 11 is 5.87. The Hall–Kier alpha value is -0.530. The smallest absolute Gasteiger partial charge is 0.0639 e. The molecule has 0 amide bonds. The number of hydrogen-bond donors (Lipinski definition) is 0. The van der Waals surface area contributed by atoms with E-state index < -0.39 is 91.6 Å². The van der Waals surface area contributed by atoms with Crippen LogP contribution in [0.4, 0.5) is 0 Å². The van der Waals surface area contributed by atoms with Crippen molar-refractivity contribution in [3.63, 3.8) is 0 Å². The zero-order chi connectivity index (χ0) is 27.9. The Morgan fingerprint density at radius 3 is 2.53 bits per heavy atom. The first-order valence-electron chi connectivity index (χ1n) is 13.9. The van der Waals surface area contributed by atoms with Crippen molar-refractivity contribution in [1.82, 2.24) is 4.90 Å². The van der Waals surface area contributed by atoms with Crippen LogP contribution in [0.15, 0.2) is 24.2 Å². The van der Waals surface area contributed by atoms with E-state index in [2.05, 4.69) is 0 Å². The first-order valence-corrected chi connectivity index (χ1v) is 6.28. The third kappa shape index (κ3) is 2.98. The molecule has 0 aliphatic heterocycles. The molecule has 0 saturated heterocycles. The van der Waals surface area contributed by atoms with E-state index in [-0.39, 0.29) is 4.90 Å². The SMILES string of the molecule is [2H]c1c([2H])c(C2(C(CC(C)C)N(C([2H])([2H])[2H])C([2H])([2H])[2H])C([2H])([2H])C([2H])([2H])C2([2H])[2H])c([2H])c([2H])c1Cl. The summed E-state index contributed by atoms with van der Waals surface area (Å²) in [7, 11) is 0. The average Bonchev–Trinajstić information content (AvgIpc) is 2.64. The minimum Gasteiger partial charge on any atom is -0.306 e. The molecule has 1 unspecified atom stereocenters. The van der Waals surface area contributed by atoms with E-state index >= 15 is 0 Å². The van der Waals surface area contributed by atoms with Crippen LogP contribution in [0.1, 0.15) is 66.9 Å². The minimum atomic E-state index is -3.46. The third-order valence-electron chi connectivity index (χ3n) is 3.01. The Balaban J connectivity index is 3.26. The van der Waals surface area contributed by atoms with Gasteiger partial charge < -0.3 is 4.90 Å². The monoisotopic (exact) mass is 295 g/mol. The van der Waals surface area contributed by atoms with Gasteiger partial charge in [-0.15, -0.1) is 0 Å². The fourth-order valence-corrected chi connectivity index (χ4v) is 2.17. The summed E-state index contributed by atoms with van der Waals surface area (Å²) in [6.07, 6.45) is -10.6. The maximum absolute atomic E-state index is 8.67. The molecule has 2 heteroatoms. The zero-order valence-corrected chi connectivity index (χ0v) is 11.4. The first-order chi connectivity index (χ1) is 15.3.